The Morgan fingerprint density at radius 2 is 1.75 bits per heavy atom. The number of ether oxygens (including phenoxy) is 1. The van der Waals surface area contributed by atoms with Gasteiger partial charge in [-0.05, 0) is 44.0 Å². The zero-order chi connectivity index (χ0) is 19.9. The monoisotopic (exact) mass is 379 g/mol. The Morgan fingerprint density at radius 3 is 2.54 bits per heavy atom. The molecule has 1 heterocycles. The number of carbonyl (C=O) groups excluding carboxylic acids is 2. The number of hydrogen-bond acceptors (Lipinski definition) is 3. The minimum absolute atomic E-state index is 0.261. The third-order valence-electron chi connectivity index (χ3n) is 4.71. The molecule has 1 aromatic heterocycles. The number of carbonyl (C=O) groups is 2. The van der Waals surface area contributed by atoms with Crippen LogP contribution in [0.3, 0.4) is 0 Å². The second-order valence-electron chi connectivity index (χ2n) is 6.40. The predicted octanol–water partition coefficient (Wildman–Crippen LogP) is 3.98. The molecule has 28 heavy (non-hydrogen) atoms. The highest BCUT2D eigenvalue weighted by molar-refractivity contribution is 5.97. The maximum Gasteiger partial charge on any atom is 0.415 e. The van der Waals surface area contributed by atoms with E-state index >= 15 is 0 Å². The van der Waals surface area contributed by atoms with Crippen LogP contribution in [-0.2, 0) is 6.42 Å². The Balaban J connectivity index is 1.63. The van der Waals surface area contributed by atoms with Crippen LogP contribution in [0.2, 0.25) is 0 Å². The van der Waals surface area contributed by atoms with E-state index in [-0.39, 0.29) is 11.7 Å². The van der Waals surface area contributed by atoms with Gasteiger partial charge >= 0.3 is 6.09 Å². The van der Waals surface area contributed by atoms with Crippen molar-refractivity contribution in [3.8, 4) is 5.75 Å². The van der Waals surface area contributed by atoms with E-state index in [1.54, 1.807) is 29.2 Å². The lowest BCUT2D eigenvalue weighted by Crippen LogP contribution is -2.34. The second kappa shape index (κ2) is 9.08. The number of amides is 2. The Morgan fingerprint density at radius 1 is 1.04 bits per heavy atom. The van der Waals surface area contributed by atoms with E-state index in [9.17, 15) is 9.59 Å². The van der Waals surface area contributed by atoms with Gasteiger partial charge in [-0.3, -0.25) is 4.79 Å². The number of nitrogens with zero attached hydrogens (tertiary/aromatic N) is 1. The van der Waals surface area contributed by atoms with Crippen molar-refractivity contribution in [3.63, 3.8) is 0 Å². The highest BCUT2D eigenvalue weighted by Gasteiger charge is 2.17. The summed E-state index contributed by atoms with van der Waals surface area (Å²) in [5.74, 6) is 0.00628. The van der Waals surface area contributed by atoms with Crippen molar-refractivity contribution in [2.45, 2.75) is 20.3 Å². The van der Waals surface area contributed by atoms with E-state index in [0.717, 1.165) is 16.5 Å². The average Bonchev–Trinajstić information content (AvgIpc) is 3.12. The molecule has 0 aliphatic carbocycles. The van der Waals surface area contributed by atoms with Crippen molar-refractivity contribution in [2.24, 2.45) is 0 Å². The minimum Gasteiger partial charge on any atom is -0.409 e. The summed E-state index contributed by atoms with van der Waals surface area (Å²) in [4.78, 5) is 29.6. The van der Waals surface area contributed by atoms with Gasteiger partial charge in [0.2, 0.25) is 0 Å². The Labute approximate surface area is 164 Å². The van der Waals surface area contributed by atoms with Crippen LogP contribution in [0.25, 0.3) is 10.9 Å². The van der Waals surface area contributed by atoms with Gasteiger partial charge in [0.25, 0.3) is 5.91 Å². The molecule has 0 saturated carbocycles. The number of para-hydroxylation sites is 2. The number of aromatic amines is 1. The van der Waals surface area contributed by atoms with Gasteiger partial charge in [0.15, 0.2) is 0 Å². The fourth-order valence-corrected chi connectivity index (χ4v) is 3.13. The molecule has 0 saturated heterocycles. The number of benzene rings is 2. The number of nitrogens with one attached hydrogen (secondary N) is 2. The van der Waals surface area contributed by atoms with E-state index in [2.05, 4.69) is 16.4 Å². The summed E-state index contributed by atoms with van der Waals surface area (Å²) in [6.07, 6.45) is 2.22. The largest absolute Gasteiger partial charge is 0.415 e. The van der Waals surface area contributed by atoms with Crippen molar-refractivity contribution in [2.75, 3.05) is 19.6 Å². The van der Waals surface area contributed by atoms with Gasteiger partial charge in [0, 0.05) is 36.7 Å². The van der Waals surface area contributed by atoms with Gasteiger partial charge < -0.3 is 19.9 Å². The molecule has 6 nitrogen and oxygen atoms in total. The minimum atomic E-state index is -0.455. The third-order valence-corrected chi connectivity index (χ3v) is 4.71. The molecule has 0 fully saturated rings. The molecule has 3 rings (SSSR count). The van der Waals surface area contributed by atoms with Crippen molar-refractivity contribution >= 4 is 22.9 Å². The maximum atomic E-state index is 12.6. The highest BCUT2D eigenvalue weighted by atomic mass is 16.6. The molecule has 0 atom stereocenters. The fraction of sp³-hybridized carbons (Fsp3) is 0.273. The molecule has 6 heteroatoms. The molecule has 146 valence electrons. The summed E-state index contributed by atoms with van der Waals surface area (Å²) in [5, 5.41) is 4.07. The van der Waals surface area contributed by atoms with Gasteiger partial charge in [-0.25, -0.2) is 4.79 Å². The maximum absolute atomic E-state index is 12.6. The normalized spacial score (nSPS) is 10.6. The molecule has 0 radical (unpaired) electrons. The van der Waals surface area contributed by atoms with Crippen molar-refractivity contribution in [1.82, 2.24) is 15.2 Å². The smallest absolute Gasteiger partial charge is 0.409 e. The summed E-state index contributed by atoms with van der Waals surface area (Å²) in [7, 11) is 0. The van der Waals surface area contributed by atoms with Crippen LogP contribution in [0.1, 0.15) is 29.8 Å². The van der Waals surface area contributed by atoms with Crippen LogP contribution in [0.4, 0.5) is 4.79 Å². The number of rotatable bonds is 7. The second-order valence-corrected chi connectivity index (χ2v) is 6.40. The zero-order valence-corrected chi connectivity index (χ0v) is 16.2. The molecule has 2 N–H and O–H groups in total. The van der Waals surface area contributed by atoms with Crippen LogP contribution >= 0.6 is 0 Å². The van der Waals surface area contributed by atoms with E-state index in [1.807, 2.05) is 38.2 Å². The molecular formula is C22H25N3O3. The molecule has 0 aliphatic heterocycles. The van der Waals surface area contributed by atoms with Crippen LogP contribution in [-0.4, -0.2) is 41.5 Å². The quantitative estimate of drug-likeness (QED) is 0.652. The number of H-pyrrole nitrogens is 1. The first-order chi connectivity index (χ1) is 13.6. The number of hydrogen-bond donors (Lipinski definition) is 2. The highest BCUT2D eigenvalue weighted by Crippen LogP contribution is 2.20. The van der Waals surface area contributed by atoms with E-state index in [4.69, 9.17) is 4.74 Å². The molecule has 2 aromatic carbocycles. The standard InChI is InChI=1S/C22H25N3O3/c1-3-25(4-2)22(27)28-20-12-8-6-10-18(20)21(26)23-14-13-16-15-24-19-11-7-5-9-17(16)19/h5-12,15,24H,3-4,13-14H2,1-2H3,(H,23,26). The molecule has 2 amide bonds. The number of fused-ring (bicyclic) bond motifs is 1. The zero-order valence-electron chi connectivity index (χ0n) is 16.2. The van der Waals surface area contributed by atoms with Gasteiger partial charge in [0.1, 0.15) is 5.75 Å². The summed E-state index contributed by atoms with van der Waals surface area (Å²) >= 11 is 0. The van der Waals surface area contributed by atoms with Crippen LogP contribution in [0.5, 0.6) is 5.75 Å². The first-order valence-electron chi connectivity index (χ1n) is 9.53. The Bertz CT molecular complexity index is 960. The van der Waals surface area contributed by atoms with Gasteiger partial charge in [-0.15, -0.1) is 0 Å². The Kier molecular flexibility index (Phi) is 6.32. The molecule has 0 unspecified atom stereocenters. The van der Waals surface area contributed by atoms with E-state index < -0.39 is 6.09 Å². The molecule has 3 aromatic rings. The average molecular weight is 379 g/mol. The summed E-state index contributed by atoms with van der Waals surface area (Å²) in [5.41, 5.74) is 2.58. The summed E-state index contributed by atoms with van der Waals surface area (Å²) < 4.78 is 5.44. The molecular weight excluding hydrogens is 354 g/mol. The predicted molar refractivity (Wildman–Crippen MR) is 110 cm³/mol. The van der Waals surface area contributed by atoms with Crippen LogP contribution in [0.15, 0.2) is 54.7 Å². The van der Waals surface area contributed by atoms with Crippen LogP contribution in [0, 0.1) is 0 Å². The SMILES string of the molecule is CCN(CC)C(=O)Oc1ccccc1C(=O)NCCc1c[nH]c2ccccc12. The van der Waals surface area contributed by atoms with Crippen molar-refractivity contribution in [3.05, 3.63) is 65.9 Å². The topological polar surface area (TPSA) is 74.4 Å². The lowest BCUT2D eigenvalue weighted by Gasteiger charge is -2.19. The first kappa shape index (κ1) is 19.5. The van der Waals surface area contributed by atoms with Crippen molar-refractivity contribution in [1.29, 1.82) is 0 Å². The molecule has 0 spiro atoms. The van der Waals surface area contributed by atoms with E-state index in [1.165, 1.54) is 0 Å². The van der Waals surface area contributed by atoms with E-state index in [0.29, 0.717) is 31.6 Å². The Hall–Kier alpha value is -3.28. The van der Waals surface area contributed by atoms with Gasteiger partial charge in [-0.2, -0.15) is 0 Å². The third kappa shape index (κ3) is 4.34. The lowest BCUT2D eigenvalue weighted by molar-refractivity contribution is 0.0950. The van der Waals surface area contributed by atoms with Gasteiger partial charge in [0.05, 0.1) is 5.56 Å². The fourth-order valence-electron chi connectivity index (χ4n) is 3.13. The lowest BCUT2D eigenvalue weighted by atomic mass is 10.1. The van der Waals surface area contributed by atoms with Crippen LogP contribution < -0.4 is 10.1 Å². The first-order valence-corrected chi connectivity index (χ1v) is 9.53. The van der Waals surface area contributed by atoms with Gasteiger partial charge in [-0.1, -0.05) is 30.3 Å². The summed E-state index contributed by atoms with van der Waals surface area (Å²) in [6, 6.07) is 14.9. The number of aromatic nitrogens is 1. The molecule has 0 aliphatic rings. The molecule has 0 bridgehead atoms. The summed E-state index contributed by atoms with van der Waals surface area (Å²) in [6.45, 7) is 5.35. The van der Waals surface area contributed by atoms with Crippen molar-refractivity contribution < 1.29 is 14.3 Å².